The summed E-state index contributed by atoms with van der Waals surface area (Å²) in [7, 11) is 1.98. The monoisotopic (exact) mass is 427 g/mol. The summed E-state index contributed by atoms with van der Waals surface area (Å²) >= 11 is 0. The third-order valence-corrected chi connectivity index (χ3v) is 6.06. The van der Waals surface area contributed by atoms with Crippen molar-refractivity contribution in [1.82, 2.24) is 4.90 Å². The molecule has 0 amide bonds. The molecule has 1 aliphatic heterocycles. The van der Waals surface area contributed by atoms with E-state index in [1.165, 1.54) is 0 Å². The number of hydrogen-bond acceptors (Lipinski definition) is 5. The molecule has 1 saturated heterocycles. The normalized spacial score (nSPS) is 19.2. The summed E-state index contributed by atoms with van der Waals surface area (Å²) in [5, 5.41) is 11.4. The van der Waals surface area contributed by atoms with Crippen molar-refractivity contribution < 1.29 is 14.3 Å². The molecule has 0 aliphatic carbocycles. The van der Waals surface area contributed by atoms with Crippen molar-refractivity contribution >= 4 is 11.0 Å². The number of piperidine rings is 1. The summed E-state index contributed by atoms with van der Waals surface area (Å²) in [4.78, 5) is 15.7. The van der Waals surface area contributed by atoms with Crippen molar-refractivity contribution in [2.45, 2.75) is 18.4 Å². The van der Waals surface area contributed by atoms with Crippen molar-refractivity contribution in [3.8, 4) is 22.8 Å². The minimum atomic E-state index is -0.639. The first kappa shape index (κ1) is 20.5. The Morgan fingerprint density at radius 2 is 1.72 bits per heavy atom. The summed E-state index contributed by atoms with van der Waals surface area (Å²) in [5.41, 5.74) is 1.75. The number of likely N-dealkylation sites (tertiary alicyclic amines) is 1. The lowest BCUT2D eigenvalue weighted by atomic mass is 9.84. The van der Waals surface area contributed by atoms with E-state index in [2.05, 4.69) is 4.90 Å². The average Bonchev–Trinajstić information content (AvgIpc) is 2.81. The quantitative estimate of drug-likeness (QED) is 0.495. The van der Waals surface area contributed by atoms with E-state index in [0.717, 1.165) is 17.9 Å². The van der Waals surface area contributed by atoms with Gasteiger partial charge in [0.2, 0.25) is 0 Å². The van der Waals surface area contributed by atoms with Crippen molar-refractivity contribution in [3.63, 3.8) is 0 Å². The highest BCUT2D eigenvalue weighted by molar-refractivity contribution is 5.81. The third kappa shape index (κ3) is 3.93. The molecule has 2 heterocycles. The van der Waals surface area contributed by atoms with Gasteiger partial charge in [0.25, 0.3) is 0 Å². The third-order valence-electron chi connectivity index (χ3n) is 6.06. The molecule has 4 aromatic rings. The molecule has 5 rings (SSSR count). The van der Waals surface area contributed by atoms with Gasteiger partial charge in [-0.15, -0.1) is 0 Å². The van der Waals surface area contributed by atoms with E-state index in [1.54, 1.807) is 12.1 Å². The zero-order chi connectivity index (χ0) is 22.1. The van der Waals surface area contributed by atoms with Gasteiger partial charge < -0.3 is 19.2 Å². The second-order valence-corrected chi connectivity index (χ2v) is 8.34. The van der Waals surface area contributed by atoms with Crippen molar-refractivity contribution in [3.05, 3.63) is 94.6 Å². The topological polar surface area (TPSA) is 62.9 Å². The minimum absolute atomic E-state index is 0.0789. The molecule has 1 aromatic heterocycles. The number of fused-ring (bicyclic) bond motifs is 1. The van der Waals surface area contributed by atoms with E-state index in [1.807, 2.05) is 73.8 Å². The van der Waals surface area contributed by atoms with Gasteiger partial charge in [-0.05, 0) is 56.4 Å². The maximum absolute atomic E-state index is 13.6. The highest BCUT2D eigenvalue weighted by Crippen LogP contribution is 2.37. The van der Waals surface area contributed by atoms with Gasteiger partial charge in [0, 0.05) is 23.6 Å². The molecule has 32 heavy (non-hydrogen) atoms. The molecule has 0 unspecified atom stereocenters. The van der Waals surface area contributed by atoms with Crippen molar-refractivity contribution in [2.75, 3.05) is 20.1 Å². The molecular weight excluding hydrogens is 402 g/mol. The predicted octanol–water partition coefficient (Wildman–Crippen LogP) is 5.03. The number of rotatable bonds is 4. The van der Waals surface area contributed by atoms with Gasteiger partial charge in [-0.2, -0.15) is 0 Å². The standard InChI is InChI=1S/C27H25NO4/c1-28-15-14-21(23(29)17-28)25-26(30)22-12-5-6-13-24(22)32-27(25)18-8-7-11-20(16-18)31-19-9-3-2-4-10-19/h2-13,16,21,23,29H,14-15,17H2,1H3/t21-,23+/m0/s1. The number of hydrogen-bond donors (Lipinski definition) is 1. The summed E-state index contributed by atoms with van der Waals surface area (Å²) in [6.07, 6.45) is 0.0499. The molecule has 5 heteroatoms. The molecule has 0 spiro atoms. The van der Waals surface area contributed by atoms with Gasteiger partial charge in [-0.25, -0.2) is 0 Å². The van der Waals surface area contributed by atoms with E-state index in [4.69, 9.17) is 9.15 Å². The number of para-hydroxylation sites is 2. The van der Waals surface area contributed by atoms with E-state index >= 15 is 0 Å². The lowest BCUT2D eigenvalue weighted by Gasteiger charge is -2.34. The average molecular weight is 428 g/mol. The first-order valence-corrected chi connectivity index (χ1v) is 10.9. The SMILES string of the molecule is CN1CC[C@H](c2c(-c3cccc(Oc4ccccc4)c3)oc3ccccc3c2=O)[C@H](O)C1. The van der Waals surface area contributed by atoms with Crippen LogP contribution >= 0.6 is 0 Å². The molecule has 5 nitrogen and oxygen atoms in total. The second-order valence-electron chi connectivity index (χ2n) is 8.34. The summed E-state index contributed by atoms with van der Waals surface area (Å²) in [5.74, 6) is 1.59. The number of benzene rings is 3. The molecule has 1 aliphatic rings. The Balaban J connectivity index is 1.65. The second kappa shape index (κ2) is 8.61. The number of aliphatic hydroxyl groups is 1. The van der Waals surface area contributed by atoms with Gasteiger partial charge in [0.05, 0.1) is 11.5 Å². The van der Waals surface area contributed by atoms with E-state index in [-0.39, 0.29) is 11.3 Å². The minimum Gasteiger partial charge on any atom is -0.457 e. The molecular formula is C27H25NO4. The highest BCUT2D eigenvalue weighted by atomic mass is 16.5. The lowest BCUT2D eigenvalue weighted by molar-refractivity contribution is 0.0632. The van der Waals surface area contributed by atoms with Crippen LogP contribution < -0.4 is 10.2 Å². The number of ether oxygens (including phenoxy) is 1. The maximum atomic E-state index is 13.6. The van der Waals surface area contributed by atoms with Crippen LogP contribution in [0.5, 0.6) is 11.5 Å². The fourth-order valence-electron chi connectivity index (χ4n) is 4.46. The van der Waals surface area contributed by atoms with Gasteiger partial charge in [-0.1, -0.05) is 42.5 Å². The Morgan fingerprint density at radius 3 is 2.53 bits per heavy atom. The van der Waals surface area contributed by atoms with Crippen LogP contribution in [0.3, 0.4) is 0 Å². The fraction of sp³-hybridized carbons (Fsp3) is 0.222. The summed E-state index contributed by atoms with van der Waals surface area (Å²) in [6, 6.07) is 24.4. The lowest BCUT2D eigenvalue weighted by Crippen LogP contribution is -2.42. The van der Waals surface area contributed by atoms with E-state index in [0.29, 0.717) is 41.0 Å². The number of likely N-dealkylation sites (N-methyl/N-ethyl adjacent to an activating group) is 1. The molecule has 1 N–H and O–H groups in total. The summed E-state index contributed by atoms with van der Waals surface area (Å²) in [6.45, 7) is 1.33. The number of aliphatic hydroxyl groups excluding tert-OH is 1. The van der Waals surface area contributed by atoms with Crippen molar-refractivity contribution in [2.24, 2.45) is 0 Å². The largest absolute Gasteiger partial charge is 0.457 e. The van der Waals surface area contributed by atoms with E-state index in [9.17, 15) is 9.90 Å². The Labute approximate surface area is 186 Å². The predicted molar refractivity (Wildman–Crippen MR) is 125 cm³/mol. The van der Waals surface area contributed by atoms with Crippen LogP contribution in [0, 0.1) is 0 Å². The molecule has 1 fully saturated rings. The molecule has 0 bridgehead atoms. The Kier molecular flexibility index (Phi) is 5.52. The first-order chi connectivity index (χ1) is 15.6. The van der Waals surface area contributed by atoms with Crippen LogP contribution in [0.1, 0.15) is 17.9 Å². The van der Waals surface area contributed by atoms with Crippen LogP contribution in [0.2, 0.25) is 0 Å². The highest BCUT2D eigenvalue weighted by Gasteiger charge is 2.33. The fourth-order valence-corrected chi connectivity index (χ4v) is 4.46. The van der Waals surface area contributed by atoms with Crippen LogP contribution in [0.15, 0.2) is 88.1 Å². The maximum Gasteiger partial charge on any atom is 0.196 e. The van der Waals surface area contributed by atoms with Gasteiger partial charge in [-0.3, -0.25) is 4.79 Å². The smallest absolute Gasteiger partial charge is 0.196 e. The van der Waals surface area contributed by atoms with Gasteiger partial charge in [0.15, 0.2) is 5.43 Å². The Morgan fingerprint density at radius 1 is 0.969 bits per heavy atom. The zero-order valence-electron chi connectivity index (χ0n) is 17.9. The Hall–Kier alpha value is -3.41. The number of β-amino-alcohol motifs (C(OH)–C–C–N with tert-alkyl or cyclic N) is 1. The molecule has 0 radical (unpaired) electrons. The molecule has 3 aromatic carbocycles. The van der Waals surface area contributed by atoms with Gasteiger partial charge in [0.1, 0.15) is 22.8 Å². The Bertz CT molecular complexity index is 1300. The van der Waals surface area contributed by atoms with E-state index < -0.39 is 6.10 Å². The molecule has 2 atom stereocenters. The zero-order valence-corrected chi connectivity index (χ0v) is 17.9. The first-order valence-electron chi connectivity index (χ1n) is 10.9. The van der Waals surface area contributed by atoms with Crippen LogP contribution in [0.25, 0.3) is 22.3 Å². The van der Waals surface area contributed by atoms with Crippen molar-refractivity contribution in [1.29, 1.82) is 0 Å². The van der Waals surface area contributed by atoms with Crippen LogP contribution in [0.4, 0.5) is 0 Å². The summed E-state index contributed by atoms with van der Waals surface area (Å²) < 4.78 is 12.3. The molecule has 162 valence electrons. The van der Waals surface area contributed by atoms with Crippen LogP contribution in [-0.4, -0.2) is 36.2 Å². The van der Waals surface area contributed by atoms with Crippen LogP contribution in [-0.2, 0) is 0 Å². The molecule has 0 saturated carbocycles. The number of nitrogens with zero attached hydrogens (tertiary/aromatic N) is 1. The van der Waals surface area contributed by atoms with Gasteiger partial charge >= 0.3 is 0 Å².